The minimum atomic E-state index is -0.626. The topological polar surface area (TPSA) is 87.2 Å². The van der Waals surface area contributed by atoms with Crippen molar-refractivity contribution in [2.24, 2.45) is 4.99 Å². The van der Waals surface area contributed by atoms with Crippen LogP contribution in [0.25, 0.3) is 0 Å². The third kappa shape index (κ3) is 3.17. The van der Waals surface area contributed by atoms with Gasteiger partial charge in [-0.25, -0.2) is 9.79 Å². The predicted molar refractivity (Wildman–Crippen MR) is 119 cm³/mol. The number of aliphatic imine (C=N–C) groups is 1. The molecule has 1 aromatic rings. The lowest BCUT2D eigenvalue weighted by Gasteiger charge is -2.40. The number of imide groups is 1. The SMILES string of the molecule is CCOCCN1C(=O)C2C(N=C3N(c4ccc(OC)cc4OC)C(C)=C(C)N32)N(C)C1=O. The molecule has 4 rings (SSSR count). The van der Waals surface area contributed by atoms with E-state index in [1.807, 2.05) is 42.7 Å². The first-order valence-electron chi connectivity index (χ1n) is 10.6. The number of nitrogens with zero attached hydrogens (tertiary/aromatic N) is 5. The number of benzene rings is 1. The maximum Gasteiger partial charge on any atom is 0.328 e. The van der Waals surface area contributed by atoms with Crippen molar-refractivity contribution in [3.63, 3.8) is 0 Å². The molecule has 0 saturated carbocycles. The lowest BCUT2D eigenvalue weighted by atomic mass is 10.1. The molecule has 172 valence electrons. The highest BCUT2D eigenvalue weighted by Gasteiger charge is 2.56. The average molecular weight is 444 g/mol. The van der Waals surface area contributed by atoms with E-state index in [-0.39, 0.29) is 18.5 Å². The standard InChI is InChI=1S/C22H29N5O5/c1-7-32-11-10-25-20(28)18-19(24(4)22(25)29)23-21-26(13(2)14(3)27(18)21)16-9-8-15(30-5)12-17(16)31-6/h8-9,12,18-19H,7,10-11H2,1-6H3. The van der Waals surface area contributed by atoms with Crippen LogP contribution in [0.3, 0.4) is 0 Å². The van der Waals surface area contributed by atoms with Crippen LogP contribution in [0.1, 0.15) is 20.8 Å². The van der Waals surface area contributed by atoms with Crippen LogP contribution in [0.4, 0.5) is 10.5 Å². The molecule has 0 bridgehead atoms. The number of fused-ring (bicyclic) bond motifs is 3. The number of methoxy groups -OCH3 is 2. The molecular weight excluding hydrogens is 414 g/mol. The molecule has 2 atom stereocenters. The largest absolute Gasteiger partial charge is 0.497 e. The Bertz CT molecular complexity index is 1010. The fourth-order valence-electron chi connectivity index (χ4n) is 4.38. The summed E-state index contributed by atoms with van der Waals surface area (Å²) in [5.74, 6) is 1.61. The van der Waals surface area contributed by atoms with Crippen LogP contribution in [0, 0.1) is 0 Å². The minimum absolute atomic E-state index is 0.208. The van der Waals surface area contributed by atoms with Crippen molar-refractivity contribution in [1.29, 1.82) is 0 Å². The summed E-state index contributed by atoms with van der Waals surface area (Å²) in [7, 11) is 4.87. The van der Waals surface area contributed by atoms with Gasteiger partial charge in [0.15, 0.2) is 12.2 Å². The van der Waals surface area contributed by atoms with Gasteiger partial charge in [-0.2, -0.15) is 0 Å². The second kappa shape index (κ2) is 8.34. The number of ether oxygens (including phenoxy) is 3. The van der Waals surface area contributed by atoms with Crippen molar-refractivity contribution in [3.05, 3.63) is 29.6 Å². The Balaban J connectivity index is 1.72. The lowest BCUT2D eigenvalue weighted by Crippen LogP contribution is -2.65. The summed E-state index contributed by atoms with van der Waals surface area (Å²) in [5.41, 5.74) is 2.61. The number of allylic oxidation sites excluding steroid dienone is 2. The molecule has 1 fully saturated rings. The molecule has 3 heterocycles. The second-order valence-electron chi connectivity index (χ2n) is 7.78. The maximum atomic E-state index is 13.4. The number of hydrogen-bond donors (Lipinski definition) is 0. The first-order valence-corrected chi connectivity index (χ1v) is 10.6. The molecule has 32 heavy (non-hydrogen) atoms. The first-order chi connectivity index (χ1) is 15.3. The second-order valence-corrected chi connectivity index (χ2v) is 7.78. The number of hydrogen-bond acceptors (Lipinski definition) is 8. The van der Waals surface area contributed by atoms with E-state index < -0.39 is 12.2 Å². The highest BCUT2D eigenvalue weighted by molar-refractivity contribution is 6.11. The Kier molecular flexibility index (Phi) is 5.72. The van der Waals surface area contributed by atoms with Gasteiger partial charge in [-0.05, 0) is 32.9 Å². The Morgan fingerprint density at radius 1 is 1.09 bits per heavy atom. The van der Waals surface area contributed by atoms with Crippen LogP contribution in [-0.2, 0) is 9.53 Å². The number of likely N-dealkylation sites (N-methyl/N-ethyl adjacent to an activating group) is 1. The molecular formula is C22H29N5O5. The fraction of sp³-hybridized carbons (Fsp3) is 0.500. The van der Waals surface area contributed by atoms with Crippen LogP contribution in [0.5, 0.6) is 11.5 Å². The molecule has 0 spiro atoms. The lowest BCUT2D eigenvalue weighted by molar-refractivity contribution is -0.137. The van der Waals surface area contributed by atoms with Gasteiger partial charge in [0, 0.05) is 31.1 Å². The molecule has 1 aromatic carbocycles. The minimum Gasteiger partial charge on any atom is -0.497 e. The summed E-state index contributed by atoms with van der Waals surface area (Å²) in [6.07, 6.45) is -0.608. The Morgan fingerprint density at radius 2 is 1.84 bits per heavy atom. The molecule has 0 N–H and O–H groups in total. The van der Waals surface area contributed by atoms with Crippen molar-refractivity contribution in [1.82, 2.24) is 14.7 Å². The van der Waals surface area contributed by atoms with E-state index in [0.29, 0.717) is 30.7 Å². The third-order valence-corrected chi connectivity index (χ3v) is 6.18. The van der Waals surface area contributed by atoms with Gasteiger partial charge in [-0.3, -0.25) is 19.5 Å². The first kappa shape index (κ1) is 21.9. The summed E-state index contributed by atoms with van der Waals surface area (Å²) in [5, 5.41) is 0. The van der Waals surface area contributed by atoms with E-state index in [1.54, 1.807) is 27.3 Å². The summed E-state index contributed by atoms with van der Waals surface area (Å²) in [6, 6.07) is 4.56. The summed E-state index contributed by atoms with van der Waals surface area (Å²) in [6.45, 7) is 6.84. The fourth-order valence-corrected chi connectivity index (χ4v) is 4.38. The number of carbonyl (C=O) groups excluding carboxylic acids is 2. The van der Waals surface area contributed by atoms with Crippen molar-refractivity contribution >= 4 is 23.6 Å². The zero-order valence-corrected chi connectivity index (χ0v) is 19.3. The monoisotopic (exact) mass is 443 g/mol. The Hall–Kier alpha value is -3.27. The number of amides is 3. The zero-order valence-electron chi connectivity index (χ0n) is 19.3. The number of urea groups is 1. The van der Waals surface area contributed by atoms with Crippen molar-refractivity contribution < 1.29 is 23.8 Å². The van der Waals surface area contributed by atoms with Crippen molar-refractivity contribution in [3.8, 4) is 11.5 Å². The summed E-state index contributed by atoms with van der Waals surface area (Å²) < 4.78 is 16.3. The van der Waals surface area contributed by atoms with Gasteiger partial charge < -0.3 is 19.1 Å². The van der Waals surface area contributed by atoms with Gasteiger partial charge in [0.2, 0.25) is 5.96 Å². The van der Waals surface area contributed by atoms with E-state index in [2.05, 4.69) is 0 Å². The predicted octanol–water partition coefficient (Wildman–Crippen LogP) is 2.07. The smallest absolute Gasteiger partial charge is 0.328 e. The van der Waals surface area contributed by atoms with Crippen LogP contribution in [0.15, 0.2) is 34.6 Å². The maximum absolute atomic E-state index is 13.4. The van der Waals surface area contributed by atoms with Crippen LogP contribution < -0.4 is 14.4 Å². The number of carbonyl (C=O) groups is 2. The zero-order chi connectivity index (χ0) is 23.2. The van der Waals surface area contributed by atoms with E-state index in [1.165, 1.54) is 9.80 Å². The highest BCUT2D eigenvalue weighted by atomic mass is 16.5. The molecule has 1 saturated heterocycles. The number of anilines is 1. The van der Waals surface area contributed by atoms with E-state index in [9.17, 15) is 9.59 Å². The Labute approximate surface area is 187 Å². The molecule has 0 aromatic heterocycles. The number of rotatable bonds is 7. The molecule has 0 radical (unpaired) electrons. The van der Waals surface area contributed by atoms with E-state index in [4.69, 9.17) is 19.2 Å². The summed E-state index contributed by atoms with van der Waals surface area (Å²) >= 11 is 0. The van der Waals surface area contributed by atoms with Gasteiger partial charge in [0.1, 0.15) is 11.5 Å². The normalized spacial score (nSPS) is 22.5. The van der Waals surface area contributed by atoms with Gasteiger partial charge in [-0.1, -0.05) is 0 Å². The average Bonchev–Trinajstić information content (AvgIpc) is 3.29. The van der Waals surface area contributed by atoms with Gasteiger partial charge in [0.05, 0.1) is 33.1 Å². The molecule has 2 unspecified atom stereocenters. The summed E-state index contributed by atoms with van der Waals surface area (Å²) in [4.78, 5) is 37.8. The van der Waals surface area contributed by atoms with Gasteiger partial charge in [-0.15, -0.1) is 0 Å². The van der Waals surface area contributed by atoms with Gasteiger partial charge in [0.25, 0.3) is 5.91 Å². The van der Waals surface area contributed by atoms with E-state index in [0.717, 1.165) is 17.1 Å². The van der Waals surface area contributed by atoms with Crippen LogP contribution in [0.2, 0.25) is 0 Å². The van der Waals surface area contributed by atoms with Crippen molar-refractivity contribution in [2.45, 2.75) is 33.0 Å². The van der Waals surface area contributed by atoms with E-state index >= 15 is 0 Å². The third-order valence-electron chi connectivity index (χ3n) is 6.18. The molecule has 10 heteroatoms. The van der Waals surface area contributed by atoms with Gasteiger partial charge >= 0.3 is 6.03 Å². The van der Waals surface area contributed by atoms with Crippen LogP contribution >= 0.6 is 0 Å². The Morgan fingerprint density at radius 3 is 2.50 bits per heavy atom. The molecule has 3 aliphatic rings. The molecule has 10 nitrogen and oxygen atoms in total. The molecule has 0 aliphatic carbocycles. The van der Waals surface area contributed by atoms with Crippen molar-refractivity contribution in [2.75, 3.05) is 45.9 Å². The molecule has 3 amide bonds. The molecule has 3 aliphatic heterocycles. The quantitative estimate of drug-likeness (QED) is 0.596. The highest BCUT2D eigenvalue weighted by Crippen LogP contribution is 2.43. The number of guanidine groups is 1. The van der Waals surface area contributed by atoms with Crippen LogP contribution in [-0.4, -0.2) is 85.8 Å².